The predicted octanol–water partition coefficient (Wildman–Crippen LogP) is 1.77. The predicted molar refractivity (Wildman–Crippen MR) is 97.2 cm³/mol. The van der Waals surface area contributed by atoms with Crippen molar-refractivity contribution < 1.29 is 23.1 Å². The Hall–Kier alpha value is -1.93. The van der Waals surface area contributed by atoms with E-state index in [2.05, 4.69) is 5.32 Å². The Morgan fingerprint density at radius 1 is 1.23 bits per heavy atom. The van der Waals surface area contributed by atoms with E-state index in [0.717, 1.165) is 5.56 Å². The van der Waals surface area contributed by atoms with Crippen LogP contribution in [0, 0.1) is 12.8 Å². The van der Waals surface area contributed by atoms with Gasteiger partial charge in [-0.1, -0.05) is 17.7 Å². The number of carbonyl (C=O) groups is 2. The molecule has 1 aromatic rings. The Bertz CT molecular complexity index is 730. The Morgan fingerprint density at radius 3 is 2.58 bits per heavy atom. The zero-order chi connectivity index (χ0) is 19.2. The lowest BCUT2D eigenvalue weighted by Crippen LogP contribution is -2.45. The van der Waals surface area contributed by atoms with Gasteiger partial charge in [0.25, 0.3) is 0 Å². The Balaban J connectivity index is 1.90. The van der Waals surface area contributed by atoms with Gasteiger partial charge in [0, 0.05) is 26.1 Å². The van der Waals surface area contributed by atoms with Gasteiger partial charge in [-0.25, -0.2) is 8.42 Å². The molecule has 0 saturated carbocycles. The largest absolute Gasteiger partial charge is 0.481 e. The third-order valence-electron chi connectivity index (χ3n) is 4.53. The van der Waals surface area contributed by atoms with E-state index in [1.165, 1.54) is 4.31 Å². The maximum Gasteiger partial charge on any atom is 0.303 e. The maximum atomic E-state index is 12.8. The molecule has 0 spiro atoms. The van der Waals surface area contributed by atoms with Gasteiger partial charge >= 0.3 is 5.97 Å². The number of rotatable bonds is 8. The number of hydrogen-bond donors (Lipinski definition) is 2. The summed E-state index contributed by atoms with van der Waals surface area (Å²) in [6.07, 6.45) is 2.48. The molecule has 26 heavy (non-hydrogen) atoms. The van der Waals surface area contributed by atoms with E-state index in [0.29, 0.717) is 38.8 Å². The monoisotopic (exact) mass is 382 g/mol. The van der Waals surface area contributed by atoms with Gasteiger partial charge in [-0.15, -0.1) is 0 Å². The van der Waals surface area contributed by atoms with Crippen LogP contribution in [0.1, 0.15) is 37.7 Å². The number of benzene rings is 1. The summed E-state index contributed by atoms with van der Waals surface area (Å²) in [5.74, 6) is -1.38. The van der Waals surface area contributed by atoms with Crippen LogP contribution in [0.5, 0.6) is 0 Å². The highest BCUT2D eigenvalue weighted by molar-refractivity contribution is 7.89. The normalized spacial score (nSPS) is 18.4. The molecule has 1 amide bonds. The summed E-state index contributed by atoms with van der Waals surface area (Å²) in [7, 11) is -3.60. The number of sulfonamides is 1. The fourth-order valence-electron chi connectivity index (χ4n) is 2.99. The Kier molecular flexibility index (Phi) is 7.16. The average molecular weight is 382 g/mol. The van der Waals surface area contributed by atoms with E-state index >= 15 is 0 Å². The van der Waals surface area contributed by atoms with Crippen molar-refractivity contribution in [2.45, 2.75) is 43.9 Å². The third kappa shape index (κ3) is 5.54. The number of carbonyl (C=O) groups excluding carboxylic acids is 1. The first-order valence-corrected chi connectivity index (χ1v) is 10.3. The summed E-state index contributed by atoms with van der Waals surface area (Å²) in [6.45, 7) is 2.90. The highest BCUT2D eigenvalue weighted by atomic mass is 32.2. The minimum atomic E-state index is -3.60. The molecule has 0 aliphatic carbocycles. The minimum Gasteiger partial charge on any atom is -0.481 e. The lowest BCUT2D eigenvalue weighted by atomic mass is 9.99. The fraction of sp³-hybridized carbons (Fsp3) is 0.556. The van der Waals surface area contributed by atoms with Crippen LogP contribution < -0.4 is 5.32 Å². The molecule has 1 aliphatic heterocycles. The van der Waals surface area contributed by atoms with E-state index in [9.17, 15) is 18.0 Å². The summed E-state index contributed by atoms with van der Waals surface area (Å²) in [4.78, 5) is 23.0. The summed E-state index contributed by atoms with van der Waals surface area (Å²) < 4.78 is 26.9. The zero-order valence-corrected chi connectivity index (χ0v) is 15.8. The van der Waals surface area contributed by atoms with Crippen molar-refractivity contribution in [1.82, 2.24) is 9.62 Å². The molecule has 1 fully saturated rings. The first-order chi connectivity index (χ1) is 12.3. The van der Waals surface area contributed by atoms with E-state index in [-0.39, 0.29) is 29.7 Å². The second-order valence-electron chi connectivity index (χ2n) is 6.66. The number of aliphatic carboxylic acids is 1. The molecule has 1 heterocycles. The number of carboxylic acids is 1. The molecule has 2 rings (SSSR count). The van der Waals surface area contributed by atoms with Gasteiger partial charge < -0.3 is 10.4 Å². The molecule has 1 saturated heterocycles. The molecule has 7 nitrogen and oxygen atoms in total. The molecule has 0 bridgehead atoms. The first kappa shape index (κ1) is 20.4. The topological polar surface area (TPSA) is 104 Å². The van der Waals surface area contributed by atoms with E-state index in [1.807, 2.05) is 6.92 Å². The number of hydrogen-bond acceptors (Lipinski definition) is 4. The first-order valence-electron chi connectivity index (χ1n) is 8.87. The fourth-order valence-corrected chi connectivity index (χ4v) is 4.52. The molecule has 0 aromatic heterocycles. The molecule has 144 valence electrons. The molecule has 1 aromatic carbocycles. The number of amides is 1. The van der Waals surface area contributed by atoms with Crippen molar-refractivity contribution in [3.05, 3.63) is 29.8 Å². The van der Waals surface area contributed by atoms with E-state index in [4.69, 9.17) is 5.11 Å². The summed E-state index contributed by atoms with van der Waals surface area (Å²) in [5.41, 5.74) is 0.989. The summed E-state index contributed by atoms with van der Waals surface area (Å²) in [5, 5.41) is 11.4. The lowest BCUT2D eigenvalue weighted by molar-refractivity contribution is -0.137. The second kappa shape index (κ2) is 9.14. The third-order valence-corrected chi connectivity index (χ3v) is 6.41. The van der Waals surface area contributed by atoms with E-state index < -0.39 is 16.0 Å². The second-order valence-corrected chi connectivity index (χ2v) is 8.60. The van der Waals surface area contributed by atoms with Gasteiger partial charge in [0.05, 0.1) is 10.8 Å². The van der Waals surface area contributed by atoms with Crippen LogP contribution in [-0.2, 0) is 19.6 Å². The van der Waals surface area contributed by atoms with Gasteiger partial charge in [-0.05, 0) is 44.7 Å². The van der Waals surface area contributed by atoms with E-state index in [1.54, 1.807) is 24.3 Å². The Labute approximate surface area is 154 Å². The summed E-state index contributed by atoms with van der Waals surface area (Å²) >= 11 is 0. The minimum absolute atomic E-state index is 0.0852. The number of piperidine rings is 1. The average Bonchev–Trinajstić information content (AvgIpc) is 2.61. The number of nitrogens with zero attached hydrogens (tertiary/aromatic N) is 1. The quantitative estimate of drug-likeness (QED) is 0.667. The number of unbranched alkanes of at least 4 members (excludes halogenated alkanes) is 1. The highest BCUT2D eigenvalue weighted by Gasteiger charge is 2.33. The van der Waals surface area contributed by atoms with Crippen LogP contribution in [-0.4, -0.2) is 49.3 Å². The lowest BCUT2D eigenvalue weighted by Gasteiger charge is -2.31. The van der Waals surface area contributed by atoms with Crippen LogP contribution in [0.15, 0.2) is 29.2 Å². The van der Waals surface area contributed by atoms with Gasteiger partial charge in [-0.2, -0.15) is 4.31 Å². The summed E-state index contributed by atoms with van der Waals surface area (Å²) in [6, 6.07) is 6.71. The van der Waals surface area contributed by atoms with Crippen LogP contribution in [0.2, 0.25) is 0 Å². The van der Waals surface area contributed by atoms with Crippen LogP contribution >= 0.6 is 0 Å². The van der Waals surface area contributed by atoms with Gasteiger partial charge in [0.1, 0.15) is 0 Å². The van der Waals surface area contributed by atoms with Crippen LogP contribution in [0.4, 0.5) is 0 Å². The number of carboxylic acid groups (broad SMARTS) is 1. The molecule has 1 atom stereocenters. The molecule has 2 N–H and O–H groups in total. The smallest absolute Gasteiger partial charge is 0.303 e. The molecular weight excluding hydrogens is 356 g/mol. The van der Waals surface area contributed by atoms with Crippen LogP contribution in [0.3, 0.4) is 0 Å². The van der Waals surface area contributed by atoms with Crippen LogP contribution in [0.25, 0.3) is 0 Å². The molecular formula is C18H26N2O5S. The van der Waals surface area contributed by atoms with Crippen molar-refractivity contribution >= 4 is 21.9 Å². The zero-order valence-electron chi connectivity index (χ0n) is 15.0. The number of aryl methyl sites for hydroxylation is 1. The van der Waals surface area contributed by atoms with Crippen molar-refractivity contribution in [2.24, 2.45) is 5.92 Å². The van der Waals surface area contributed by atoms with Gasteiger partial charge in [0.2, 0.25) is 15.9 Å². The van der Waals surface area contributed by atoms with Crippen molar-refractivity contribution in [3.8, 4) is 0 Å². The maximum absolute atomic E-state index is 12.8. The molecule has 0 radical (unpaired) electrons. The standard InChI is InChI=1S/C18H26N2O5S/c1-14-7-9-16(10-8-14)26(24,25)20-12-4-5-15(13-20)18(23)19-11-3-2-6-17(21)22/h7-10,15H,2-6,11-13H2,1H3,(H,19,23)(H,21,22). The van der Waals surface area contributed by atoms with Gasteiger partial charge in [0.15, 0.2) is 0 Å². The van der Waals surface area contributed by atoms with Crippen molar-refractivity contribution in [1.29, 1.82) is 0 Å². The van der Waals surface area contributed by atoms with Crippen molar-refractivity contribution in [2.75, 3.05) is 19.6 Å². The SMILES string of the molecule is Cc1ccc(S(=O)(=O)N2CCCC(C(=O)NCCCCC(=O)O)C2)cc1. The van der Waals surface area contributed by atoms with Gasteiger partial charge in [-0.3, -0.25) is 9.59 Å². The highest BCUT2D eigenvalue weighted by Crippen LogP contribution is 2.24. The Morgan fingerprint density at radius 2 is 1.92 bits per heavy atom. The molecule has 8 heteroatoms. The number of nitrogens with one attached hydrogen (secondary N) is 1. The van der Waals surface area contributed by atoms with Crippen molar-refractivity contribution in [3.63, 3.8) is 0 Å². The molecule has 1 unspecified atom stereocenters. The molecule has 1 aliphatic rings.